The van der Waals surface area contributed by atoms with Crippen molar-refractivity contribution in [2.45, 2.75) is 11.4 Å². The Balaban J connectivity index is 1.56. The zero-order valence-corrected chi connectivity index (χ0v) is 17.1. The normalized spacial score (nSPS) is 11.4. The summed E-state index contributed by atoms with van der Waals surface area (Å²) >= 11 is 0. The van der Waals surface area contributed by atoms with Crippen molar-refractivity contribution in [3.63, 3.8) is 0 Å². The van der Waals surface area contributed by atoms with Crippen LogP contribution in [0.4, 0.5) is 0 Å². The molecule has 0 aliphatic rings. The molecule has 0 aliphatic carbocycles. The number of nitrogens with one attached hydrogen (secondary N) is 1. The van der Waals surface area contributed by atoms with Gasteiger partial charge in [0, 0.05) is 36.1 Å². The van der Waals surface area contributed by atoms with Gasteiger partial charge in [0.15, 0.2) is 9.84 Å². The first kappa shape index (κ1) is 19.7. The summed E-state index contributed by atoms with van der Waals surface area (Å²) in [5, 5.41) is 3.68. The molecule has 2 heterocycles. The van der Waals surface area contributed by atoms with Crippen LogP contribution in [0.1, 0.15) is 16.1 Å². The Labute approximate surface area is 174 Å². The van der Waals surface area contributed by atoms with E-state index >= 15 is 0 Å². The second-order valence-electron chi connectivity index (χ2n) is 6.92. The van der Waals surface area contributed by atoms with Crippen LogP contribution in [-0.4, -0.2) is 30.5 Å². The maximum absolute atomic E-state index is 12.7. The summed E-state index contributed by atoms with van der Waals surface area (Å²) in [4.78, 5) is 21.8. The number of benzene rings is 2. The second kappa shape index (κ2) is 8.04. The van der Waals surface area contributed by atoms with Gasteiger partial charge in [0.25, 0.3) is 5.91 Å². The van der Waals surface area contributed by atoms with E-state index in [4.69, 9.17) is 0 Å². The number of fused-ring (bicyclic) bond motifs is 1. The van der Waals surface area contributed by atoms with Crippen molar-refractivity contribution in [2.75, 3.05) is 6.26 Å². The van der Waals surface area contributed by atoms with E-state index in [1.54, 1.807) is 30.6 Å². The van der Waals surface area contributed by atoms with Crippen molar-refractivity contribution in [1.82, 2.24) is 15.3 Å². The summed E-state index contributed by atoms with van der Waals surface area (Å²) in [7, 11) is -3.24. The highest BCUT2D eigenvalue weighted by Gasteiger charge is 2.12. The first-order valence-corrected chi connectivity index (χ1v) is 11.2. The lowest BCUT2D eigenvalue weighted by atomic mass is 10.0. The Morgan fingerprint density at radius 1 is 0.933 bits per heavy atom. The first-order chi connectivity index (χ1) is 14.4. The standard InChI is InChI=1S/C23H19N3O3S/c1-30(28,29)19-10-7-16(8-11-19)13-25-23(27)21-12-9-18-14-24-15-20(22(18)26-21)17-5-3-2-4-6-17/h2-12,14-15H,13H2,1H3,(H,25,27). The fraction of sp³-hybridized carbons (Fsp3) is 0.0870. The zero-order chi connectivity index (χ0) is 21.1. The topological polar surface area (TPSA) is 89.0 Å². The Morgan fingerprint density at radius 3 is 2.37 bits per heavy atom. The lowest BCUT2D eigenvalue weighted by molar-refractivity contribution is 0.0946. The predicted octanol–water partition coefficient (Wildman–Crippen LogP) is 3.63. The van der Waals surface area contributed by atoms with Crippen molar-refractivity contribution in [2.24, 2.45) is 0 Å². The van der Waals surface area contributed by atoms with Gasteiger partial charge in [-0.1, -0.05) is 42.5 Å². The van der Waals surface area contributed by atoms with Gasteiger partial charge in [0.2, 0.25) is 0 Å². The molecule has 0 aliphatic heterocycles. The Morgan fingerprint density at radius 2 is 1.67 bits per heavy atom. The number of hydrogen-bond donors (Lipinski definition) is 1. The van der Waals surface area contributed by atoms with E-state index in [2.05, 4.69) is 15.3 Å². The maximum Gasteiger partial charge on any atom is 0.270 e. The molecule has 0 spiro atoms. The highest BCUT2D eigenvalue weighted by molar-refractivity contribution is 7.90. The van der Waals surface area contributed by atoms with Gasteiger partial charge in [-0.2, -0.15) is 0 Å². The fourth-order valence-corrected chi connectivity index (χ4v) is 3.76. The molecular weight excluding hydrogens is 398 g/mol. The van der Waals surface area contributed by atoms with E-state index in [9.17, 15) is 13.2 Å². The number of carbonyl (C=O) groups excluding carboxylic acids is 1. The average Bonchev–Trinajstić information content (AvgIpc) is 2.77. The van der Waals surface area contributed by atoms with E-state index in [1.165, 1.54) is 12.1 Å². The molecule has 7 heteroatoms. The van der Waals surface area contributed by atoms with Crippen LogP contribution in [0, 0.1) is 0 Å². The molecule has 0 radical (unpaired) electrons. The molecule has 30 heavy (non-hydrogen) atoms. The molecule has 4 aromatic rings. The highest BCUT2D eigenvalue weighted by Crippen LogP contribution is 2.26. The van der Waals surface area contributed by atoms with Crippen molar-refractivity contribution < 1.29 is 13.2 Å². The summed E-state index contributed by atoms with van der Waals surface area (Å²) in [5.41, 5.74) is 3.65. The van der Waals surface area contributed by atoms with Gasteiger partial charge in [-0.15, -0.1) is 0 Å². The third kappa shape index (κ3) is 4.21. The van der Waals surface area contributed by atoms with Gasteiger partial charge in [-0.3, -0.25) is 9.78 Å². The molecule has 6 nitrogen and oxygen atoms in total. The molecule has 1 N–H and O–H groups in total. The number of nitrogens with zero attached hydrogens (tertiary/aromatic N) is 2. The lowest BCUT2D eigenvalue weighted by Crippen LogP contribution is -2.23. The largest absolute Gasteiger partial charge is 0.347 e. The maximum atomic E-state index is 12.7. The van der Waals surface area contributed by atoms with Crippen LogP contribution in [-0.2, 0) is 16.4 Å². The molecule has 0 saturated heterocycles. The number of carbonyl (C=O) groups is 1. The minimum atomic E-state index is -3.24. The number of pyridine rings is 2. The second-order valence-corrected chi connectivity index (χ2v) is 8.94. The van der Waals surface area contributed by atoms with Crippen LogP contribution < -0.4 is 5.32 Å². The highest BCUT2D eigenvalue weighted by atomic mass is 32.2. The average molecular weight is 417 g/mol. The SMILES string of the molecule is CS(=O)(=O)c1ccc(CNC(=O)c2ccc3cncc(-c4ccccc4)c3n2)cc1. The Bertz CT molecular complexity index is 1320. The number of amides is 1. The van der Waals surface area contributed by atoms with Crippen LogP contribution in [0.3, 0.4) is 0 Å². The summed E-state index contributed by atoms with van der Waals surface area (Å²) < 4.78 is 23.1. The molecule has 0 atom stereocenters. The molecule has 1 amide bonds. The van der Waals surface area contributed by atoms with Crippen LogP contribution in [0.2, 0.25) is 0 Å². The van der Waals surface area contributed by atoms with Gasteiger partial charge in [-0.05, 0) is 35.4 Å². The molecular formula is C23H19N3O3S. The zero-order valence-electron chi connectivity index (χ0n) is 16.2. The van der Waals surface area contributed by atoms with E-state index in [1.807, 2.05) is 36.4 Å². The van der Waals surface area contributed by atoms with Crippen molar-refractivity contribution in [3.8, 4) is 11.1 Å². The van der Waals surface area contributed by atoms with E-state index in [0.29, 0.717) is 11.2 Å². The van der Waals surface area contributed by atoms with Gasteiger partial charge < -0.3 is 5.32 Å². The van der Waals surface area contributed by atoms with Gasteiger partial charge in [-0.25, -0.2) is 13.4 Å². The smallest absolute Gasteiger partial charge is 0.270 e. The fourth-order valence-electron chi connectivity index (χ4n) is 3.13. The van der Waals surface area contributed by atoms with Crippen molar-refractivity contribution in [1.29, 1.82) is 0 Å². The summed E-state index contributed by atoms with van der Waals surface area (Å²) in [6.45, 7) is 0.268. The summed E-state index contributed by atoms with van der Waals surface area (Å²) in [6.07, 6.45) is 4.63. The molecule has 2 aromatic heterocycles. The predicted molar refractivity (Wildman–Crippen MR) is 116 cm³/mol. The molecule has 150 valence electrons. The summed E-state index contributed by atoms with van der Waals surface area (Å²) in [5.74, 6) is -0.306. The minimum Gasteiger partial charge on any atom is -0.347 e. The third-order valence-corrected chi connectivity index (χ3v) is 5.85. The van der Waals surface area contributed by atoms with Gasteiger partial charge >= 0.3 is 0 Å². The van der Waals surface area contributed by atoms with E-state index in [-0.39, 0.29) is 17.3 Å². The number of aromatic nitrogens is 2. The van der Waals surface area contributed by atoms with Crippen LogP contribution in [0.25, 0.3) is 22.0 Å². The van der Waals surface area contributed by atoms with Gasteiger partial charge in [0.05, 0.1) is 10.4 Å². The molecule has 4 rings (SSSR count). The number of rotatable bonds is 5. The number of sulfone groups is 1. The Hall–Kier alpha value is -3.58. The molecule has 0 fully saturated rings. The third-order valence-electron chi connectivity index (χ3n) is 4.72. The van der Waals surface area contributed by atoms with Crippen LogP contribution >= 0.6 is 0 Å². The molecule has 0 bridgehead atoms. The minimum absolute atomic E-state index is 0.246. The van der Waals surface area contributed by atoms with Crippen molar-refractivity contribution >= 4 is 26.6 Å². The molecule has 0 saturated carbocycles. The quantitative estimate of drug-likeness (QED) is 0.536. The van der Waals surface area contributed by atoms with Crippen LogP contribution in [0.15, 0.2) is 84.0 Å². The lowest BCUT2D eigenvalue weighted by Gasteiger charge is -2.09. The monoisotopic (exact) mass is 417 g/mol. The Kier molecular flexibility index (Phi) is 5.29. The van der Waals surface area contributed by atoms with Gasteiger partial charge in [0.1, 0.15) is 5.69 Å². The molecule has 0 unspecified atom stereocenters. The molecule has 2 aromatic carbocycles. The number of hydrogen-bond acceptors (Lipinski definition) is 5. The first-order valence-electron chi connectivity index (χ1n) is 9.29. The van der Waals surface area contributed by atoms with E-state index in [0.717, 1.165) is 28.3 Å². The van der Waals surface area contributed by atoms with Crippen molar-refractivity contribution in [3.05, 3.63) is 90.4 Å². The van der Waals surface area contributed by atoms with Crippen LogP contribution in [0.5, 0.6) is 0 Å². The summed E-state index contributed by atoms with van der Waals surface area (Å²) in [6, 6.07) is 19.7. The van der Waals surface area contributed by atoms with E-state index < -0.39 is 9.84 Å².